The number of hydrogen-bond donors (Lipinski definition) is 1. The molecule has 20 heavy (non-hydrogen) atoms. The first-order valence-electron chi connectivity index (χ1n) is 6.78. The molecule has 0 aliphatic rings. The predicted octanol–water partition coefficient (Wildman–Crippen LogP) is 0.0553. The third kappa shape index (κ3) is 4.50. The minimum atomic E-state index is -0.456. The minimum absolute atomic E-state index is 0.0810. The van der Waals surface area contributed by atoms with Crippen molar-refractivity contribution in [2.45, 2.75) is 32.9 Å². The number of anilines is 1. The molecule has 1 rings (SSSR count). The second kappa shape index (κ2) is 8.55. The molecule has 7 heteroatoms. The van der Waals surface area contributed by atoms with Gasteiger partial charge in [0, 0.05) is 33.1 Å². The lowest BCUT2D eigenvalue weighted by molar-refractivity contribution is 0.0964. The normalized spacial score (nSPS) is 10.9. The molecule has 0 fully saturated rings. The van der Waals surface area contributed by atoms with Gasteiger partial charge in [0.2, 0.25) is 0 Å². The maximum absolute atomic E-state index is 12.1. The van der Waals surface area contributed by atoms with E-state index in [1.807, 2.05) is 6.92 Å². The number of nitrogens with two attached hydrogens (primary N) is 1. The van der Waals surface area contributed by atoms with Gasteiger partial charge in [0.15, 0.2) is 0 Å². The molecule has 0 amide bonds. The van der Waals surface area contributed by atoms with Crippen LogP contribution in [0.15, 0.2) is 15.8 Å². The Labute approximate surface area is 117 Å². The fraction of sp³-hybridized carbons (Fsp3) is 0.692. The fourth-order valence-corrected chi connectivity index (χ4v) is 1.84. The van der Waals surface area contributed by atoms with Gasteiger partial charge >= 0.3 is 5.69 Å². The molecule has 0 saturated heterocycles. The maximum Gasteiger partial charge on any atom is 0.331 e. The van der Waals surface area contributed by atoms with Crippen molar-refractivity contribution in [2.75, 3.05) is 32.7 Å². The van der Waals surface area contributed by atoms with Crippen molar-refractivity contribution in [1.82, 2.24) is 9.13 Å². The molecule has 0 bridgehead atoms. The quantitative estimate of drug-likeness (QED) is 0.648. The summed E-state index contributed by atoms with van der Waals surface area (Å²) in [6.07, 6.45) is 2.98. The lowest BCUT2D eigenvalue weighted by Gasteiger charge is -2.11. The Bertz CT molecular complexity index is 521. The van der Waals surface area contributed by atoms with Crippen molar-refractivity contribution in [3.63, 3.8) is 0 Å². The summed E-state index contributed by atoms with van der Waals surface area (Å²) in [6, 6.07) is 0. The zero-order valence-corrected chi connectivity index (χ0v) is 12.1. The summed E-state index contributed by atoms with van der Waals surface area (Å²) in [5, 5.41) is 0. The van der Waals surface area contributed by atoms with E-state index in [0.29, 0.717) is 26.4 Å². The molecule has 0 saturated carbocycles. The average Bonchev–Trinajstić information content (AvgIpc) is 2.43. The number of hydrogen-bond acceptors (Lipinski definition) is 5. The van der Waals surface area contributed by atoms with Crippen molar-refractivity contribution >= 4 is 5.69 Å². The molecule has 2 N–H and O–H groups in total. The maximum atomic E-state index is 12.1. The third-order valence-electron chi connectivity index (χ3n) is 2.82. The number of aryl methyl sites for hydroxylation is 1. The first-order valence-corrected chi connectivity index (χ1v) is 6.78. The molecule has 114 valence electrons. The second-order valence-corrected chi connectivity index (χ2v) is 4.48. The van der Waals surface area contributed by atoms with Gasteiger partial charge in [-0.1, -0.05) is 6.92 Å². The summed E-state index contributed by atoms with van der Waals surface area (Å²) in [4.78, 5) is 24.0. The van der Waals surface area contributed by atoms with Gasteiger partial charge in [-0.05, 0) is 12.8 Å². The number of nitrogen functional groups attached to an aromatic ring is 1. The van der Waals surface area contributed by atoms with Crippen LogP contribution < -0.4 is 17.0 Å². The third-order valence-corrected chi connectivity index (χ3v) is 2.82. The number of rotatable bonds is 9. The van der Waals surface area contributed by atoms with Crippen molar-refractivity contribution in [2.24, 2.45) is 0 Å². The molecule has 1 heterocycles. The Hall–Kier alpha value is -1.60. The van der Waals surface area contributed by atoms with Gasteiger partial charge in [-0.15, -0.1) is 0 Å². The van der Waals surface area contributed by atoms with Gasteiger partial charge in [0.25, 0.3) is 5.56 Å². The summed E-state index contributed by atoms with van der Waals surface area (Å²) < 4.78 is 12.8. The van der Waals surface area contributed by atoms with Crippen LogP contribution in [0.4, 0.5) is 5.69 Å². The molecule has 0 aromatic carbocycles. The summed E-state index contributed by atoms with van der Waals surface area (Å²) in [5.74, 6) is 0. The van der Waals surface area contributed by atoms with Crippen LogP contribution in [0.2, 0.25) is 0 Å². The van der Waals surface area contributed by atoms with Gasteiger partial charge in [-0.3, -0.25) is 13.9 Å². The van der Waals surface area contributed by atoms with E-state index in [0.717, 1.165) is 17.4 Å². The van der Waals surface area contributed by atoms with E-state index in [-0.39, 0.29) is 17.9 Å². The fourth-order valence-electron chi connectivity index (χ4n) is 1.84. The molecule has 0 aliphatic carbocycles. The van der Waals surface area contributed by atoms with Gasteiger partial charge in [-0.25, -0.2) is 4.79 Å². The topological polar surface area (TPSA) is 88.5 Å². The molecule has 0 radical (unpaired) electrons. The van der Waals surface area contributed by atoms with Crippen LogP contribution in [-0.4, -0.2) is 36.1 Å². The average molecular weight is 285 g/mol. The zero-order chi connectivity index (χ0) is 15.0. The summed E-state index contributed by atoms with van der Waals surface area (Å²) in [5.41, 5.74) is 4.92. The van der Waals surface area contributed by atoms with Crippen LogP contribution >= 0.6 is 0 Å². The number of nitrogens with zero attached hydrogens (tertiary/aromatic N) is 2. The van der Waals surface area contributed by atoms with Gasteiger partial charge in [0.1, 0.15) is 5.69 Å². The largest absolute Gasteiger partial charge is 0.393 e. The lowest BCUT2D eigenvalue weighted by atomic mass is 10.4. The monoisotopic (exact) mass is 285 g/mol. The Morgan fingerprint density at radius 3 is 2.60 bits per heavy atom. The van der Waals surface area contributed by atoms with Gasteiger partial charge in [0.05, 0.1) is 13.2 Å². The lowest BCUT2D eigenvalue weighted by Crippen LogP contribution is -2.41. The zero-order valence-electron chi connectivity index (χ0n) is 12.1. The Kier molecular flexibility index (Phi) is 7.03. The smallest absolute Gasteiger partial charge is 0.331 e. The van der Waals surface area contributed by atoms with Gasteiger partial charge in [-0.2, -0.15) is 0 Å². The van der Waals surface area contributed by atoms with Crippen LogP contribution in [0.1, 0.15) is 19.8 Å². The van der Waals surface area contributed by atoms with Gasteiger partial charge < -0.3 is 15.2 Å². The highest BCUT2D eigenvalue weighted by molar-refractivity contribution is 5.30. The van der Waals surface area contributed by atoms with Crippen LogP contribution in [0.25, 0.3) is 0 Å². The van der Waals surface area contributed by atoms with E-state index in [1.54, 1.807) is 7.11 Å². The number of methoxy groups -OCH3 is 1. The first-order chi connectivity index (χ1) is 9.61. The van der Waals surface area contributed by atoms with Crippen molar-refractivity contribution < 1.29 is 9.47 Å². The Balaban J connectivity index is 2.69. The summed E-state index contributed by atoms with van der Waals surface area (Å²) in [7, 11) is 1.63. The molecule has 1 aromatic rings. The van der Waals surface area contributed by atoms with Crippen LogP contribution in [0.3, 0.4) is 0 Å². The highest BCUT2D eigenvalue weighted by atomic mass is 16.5. The minimum Gasteiger partial charge on any atom is -0.393 e. The highest BCUT2D eigenvalue weighted by Gasteiger charge is 2.08. The molecule has 0 unspecified atom stereocenters. The molecule has 0 aliphatic heterocycles. The standard InChI is InChI=1S/C13H23N3O4/c1-3-5-15-10-11(14)12(17)16(13(15)18)6-9-20-8-4-7-19-2/h10H,3-9,14H2,1-2H3. The molecule has 7 nitrogen and oxygen atoms in total. The Morgan fingerprint density at radius 2 is 1.95 bits per heavy atom. The summed E-state index contributed by atoms with van der Waals surface area (Å²) >= 11 is 0. The second-order valence-electron chi connectivity index (χ2n) is 4.48. The van der Waals surface area contributed by atoms with Crippen LogP contribution in [0, 0.1) is 0 Å². The molecule has 0 spiro atoms. The van der Waals surface area contributed by atoms with E-state index in [4.69, 9.17) is 15.2 Å². The Morgan fingerprint density at radius 1 is 1.20 bits per heavy atom. The first kappa shape index (κ1) is 16.5. The SMILES string of the molecule is CCCn1cc(N)c(=O)n(CCOCCCOC)c1=O. The molecular formula is C13H23N3O4. The summed E-state index contributed by atoms with van der Waals surface area (Å²) in [6.45, 7) is 4.17. The molecule has 0 atom stereocenters. The highest BCUT2D eigenvalue weighted by Crippen LogP contribution is 1.92. The predicted molar refractivity (Wildman–Crippen MR) is 77.0 cm³/mol. The van der Waals surface area contributed by atoms with E-state index in [1.165, 1.54) is 10.8 Å². The van der Waals surface area contributed by atoms with E-state index in [9.17, 15) is 9.59 Å². The van der Waals surface area contributed by atoms with E-state index < -0.39 is 5.56 Å². The van der Waals surface area contributed by atoms with Crippen molar-refractivity contribution in [1.29, 1.82) is 0 Å². The van der Waals surface area contributed by atoms with Crippen molar-refractivity contribution in [3.05, 3.63) is 27.0 Å². The van der Waals surface area contributed by atoms with E-state index in [2.05, 4.69) is 0 Å². The van der Waals surface area contributed by atoms with E-state index >= 15 is 0 Å². The molecule has 1 aromatic heterocycles. The van der Waals surface area contributed by atoms with Crippen LogP contribution in [0.5, 0.6) is 0 Å². The van der Waals surface area contributed by atoms with Crippen LogP contribution in [-0.2, 0) is 22.6 Å². The number of ether oxygens (including phenoxy) is 2. The number of aromatic nitrogens is 2. The molecular weight excluding hydrogens is 262 g/mol. The van der Waals surface area contributed by atoms with Crippen molar-refractivity contribution in [3.8, 4) is 0 Å².